The van der Waals surface area contributed by atoms with Crippen molar-refractivity contribution in [2.75, 3.05) is 26.3 Å². The summed E-state index contributed by atoms with van der Waals surface area (Å²) in [6.45, 7) is 3.70. The number of carbonyl (C=O) groups excluding carboxylic acids is 1. The topological polar surface area (TPSA) is 51.7 Å². The van der Waals surface area contributed by atoms with E-state index in [2.05, 4.69) is 20.9 Å². The van der Waals surface area contributed by atoms with Gasteiger partial charge in [0.25, 0.3) is 0 Å². The molecule has 0 bridgehead atoms. The van der Waals surface area contributed by atoms with Crippen molar-refractivity contribution >= 4 is 27.9 Å². The van der Waals surface area contributed by atoms with Gasteiger partial charge in [0, 0.05) is 18.3 Å². The molecule has 0 N–H and O–H groups in total. The standard InChI is InChI=1S/C20H20BrFN2O3/c1-14-2-5-16(11-23-14)27-13-17-12-24(8-9-26-17)20(25)7-4-15-3-6-19(22)18(21)10-15/h2-7,10-11,17H,8-9,12-13H2,1H3. The summed E-state index contributed by atoms with van der Waals surface area (Å²) in [7, 11) is 0. The lowest BCUT2D eigenvalue weighted by Gasteiger charge is -2.32. The van der Waals surface area contributed by atoms with Crippen LogP contribution in [0.2, 0.25) is 0 Å². The highest BCUT2D eigenvalue weighted by Gasteiger charge is 2.23. The molecule has 0 spiro atoms. The summed E-state index contributed by atoms with van der Waals surface area (Å²) >= 11 is 3.14. The van der Waals surface area contributed by atoms with Crippen LogP contribution in [0.25, 0.3) is 6.08 Å². The Morgan fingerprint density at radius 1 is 1.44 bits per heavy atom. The molecule has 1 aromatic heterocycles. The fourth-order valence-corrected chi connectivity index (χ4v) is 3.03. The number of benzene rings is 1. The maximum Gasteiger partial charge on any atom is 0.246 e. The molecule has 5 nitrogen and oxygen atoms in total. The highest BCUT2D eigenvalue weighted by Crippen LogP contribution is 2.18. The number of pyridine rings is 1. The van der Waals surface area contributed by atoms with Crippen molar-refractivity contribution in [2.45, 2.75) is 13.0 Å². The third-order valence-electron chi connectivity index (χ3n) is 4.13. The molecule has 1 saturated heterocycles. The van der Waals surface area contributed by atoms with Crippen LogP contribution in [0.3, 0.4) is 0 Å². The quantitative estimate of drug-likeness (QED) is 0.674. The van der Waals surface area contributed by atoms with Gasteiger partial charge in [0.15, 0.2) is 0 Å². The zero-order valence-electron chi connectivity index (χ0n) is 14.9. The van der Waals surface area contributed by atoms with Gasteiger partial charge in [-0.2, -0.15) is 0 Å². The minimum absolute atomic E-state index is 0.110. The molecule has 1 aromatic carbocycles. The summed E-state index contributed by atoms with van der Waals surface area (Å²) < 4.78 is 25.0. The van der Waals surface area contributed by atoms with Crippen LogP contribution in [0.4, 0.5) is 4.39 Å². The molecule has 3 rings (SSSR count). The lowest BCUT2D eigenvalue weighted by atomic mass is 10.2. The maximum absolute atomic E-state index is 13.3. The smallest absolute Gasteiger partial charge is 0.246 e. The largest absolute Gasteiger partial charge is 0.489 e. The van der Waals surface area contributed by atoms with Crippen LogP contribution in [0.1, 0.15) is 11.3 Å². The van der Waals surface area contributed by atoms with Crippen molar-refractivity contribution in [3.05, 3.63) is 64.2 Å². The van der Waals surface area contributed by atoms with Crippen molar-refractivity contribution in [2.24, 2.45) is 0 Å². The molecule has 1 aliphatic heterocycles. The summed E-state index contributed by atoms with van der Waals surface area (Å²) in [5.41, 5.74) is 1.67. The third kappa shape index (κ3) is 5.61. The van der Waals surface area contributed by atoms with Crippen molar-refractivity contribution in [3.63, 3.8) is 0 Å². The summed E-state index contributed by atoms with van der Waals surface area (Å²) in [5, 5.41) is 0. The first kappa shape index (κ1) is 19.5. The lowest BCUT2D eigenvalue weighted by molar-refractivity contribution is -0.134. The Morgan fingerprint density at radius 3 is 3.04 bits per heavy atom. The summed E-state index contributed by atoms with van der Waals surface area (Å²) in [6.07, 6.45) is 4.64. The number of morpholine rings is 1. The minimum atomic E-state index is -0.335. The van der Waals surface area contributed by atoms with Crippen LogP contribution in [0.15, 0.2) is 47.1 Å². The fourth-order valence-electron chi connectivity index (χ4n) is 2.64. The molecule has 0 radical (unpaired) electrons. The van der Waals surface area contributed by atoms with Crippen molar-refractivity contribution < 1.29 is 18.7 Å². The zero-order chi connectivity index (χ0) is 19.2. The van der Waals surface area contributed by atoms with Gasteiger partial charge in [-0.25, -0.2) is 4.39 Å². The molecule has 142 valence electrons. The van der Waals surface area contributed by atoms with Crippen LogP contribution in [-0.4, -0.2) is 48.2 Å². The molecular formula is C20H20BrFN2O3. The van der Waals surface area contributed by atoms with Crippen LogP contribution in [-0.2, 0) is 9.53 Å². The first-order chi connectivity index (χ1) is 13.0. The Hall–Kier alpha value is -2.25. The second kappa shape index (κ2) is 9.10. The predicted octanol–water partition coefficient (Wildman–Crippen LogP) is 3.61. The summed E-state index contributed by atoms with van der Waals surface area (Å²) in [6, 6.07) is 8.35. The van der Waals surface area contributed by atoms with E-state index in [0.717, 1.165) is 11.3 Å². The summed E-state index contributed by atoms with van der Waals surface area (Å²) in [5.74, 6) is 0.230. The number of aryl methyl sites for hydroxylation is 1. The molecule has 2 aromatic rings. The second-order valence-electron chi connectivity index (χ2n) is 6.23. The van der Waals surface area contributed by atoms with E-state index in [1.807, 2.05) is 19.1 Å². The van der Waals surface area contributed by atoms with Gasteiger partial charge in [-0.1, -0.05) is 6.07 Å². The van der Waals surface area contributed by atoms with Gasteiger partial charge in [-0.15, -0.1) is 0 Å². The number of hydrogen-bond acceptors (Lipinski definition) is 4. The van der Waals surface area contributed by atoms with Gasteiger partial charge in [0.1, 0.15) is 24.3 Å². The van der Waals surface area contributed by atoms with E-state index < -0.39 is 0 Å². The number of nitrogens with zero attached hydrogens (tertiary/aromatic N) is 2. The Labute approximate surface area is 165 Å². The highest BCUT2D eigenvalue weighted by molar-refractivity contribution is 9.10. The molecule has 1 unspecified atom stereocenters. The van der Waals surface area contributed by atoms with Crippen LogP contribution in [0.5, 0.6) is 5.75 Å². The van der Waals surface area contributed by atoms with Gasteiger partial charge in [-0.05, 0) is 58.8 Å². The van der Waals surface area contributed by atoms with Crippen LogP contribution < -0.4 is 4.74 Å². The molecule has 7 heteroatoms. The molecule has 1 atom stereocenters. The van der Waals surface area contributed by atoms with Gasteiger partial charge >= 0.3 is 0 Å². The Balaban J connectivity index is 1.53. The fraction of sp³-hybridized carbons (Fsp3) is 0.300. The Morgan fingerprint density at radius 2 is 2.30 bits per heavy atom. The molecule has 2 heterocycles. The van der Waals surface area contributed by atoms with E-state index in [0.29, 0.717) is 36.5 Å². The number of carbonyl (C=O) groups is 1. The molecule has 1 fully saturated rings. The number of halogens is 2. The monoisotopic (exact) mass is 434 g/mol. The third-order valence-corrected chi connectivity index (χ3v) is 4.74. The normalized spacial score (nSPS) is 17.3. The van der Waals surface area contributed by atoms with E-state index in [4.69, 9.17) is 9.47 Å². The summed E-state index contributed by atoms with van der Waals surface area (Å²) in [4.78, 5) is 18.3. The number of amides is 1. The molecule has 1 aliphatic rings. The molecule has 0 saturated carbocycles. The van der Waals surface area contributed by atoms with Gasteiger partial charge in [-0.3, -0.25) is 9.78 Å². The number of aromatic nitrogens is 1. The lowest BCUT2D eigenvalue weighted by Crippen LogP contribution is -2.47. The number of hydrogen-bond donors (Lipinski definition) is 0. The van der Waals surface area contributed by atoms with Crippen LogP contribution in [0, 0.1) is 12.7 Å². The maximum atomic E-state index is 13.3. The van der Waals surface area contributed by atoms with Crippen LogP contribution >= 0.6 is 15.9 Å². The van der Waals surface area contributed by atoms with Crippen molar-refractivity contribution in [3.8, 4) is 5.75 Å². The molecular weight excluding hydrogens is 415 g/mol. The average molecular weight is 435 g/mol. The predicted molar refractivity (Wildman–Crippen MR) is 104 cm³/mol. The molecule has 1 amide bonds. The number of rotatable bonds is 5. The van der Waals surface area contributed by atoms with E-state index in [-0.39, 0.29) is 17.8 Å². The molecule has 27 heavy (non-hydrogen) atoms. The highest BCUT2D eigenvalue weighted by atomic mass is 79.9. The first-order valence-corrected chi connectivity index (χ1v) is 9.39. The minimum Gasteiger partial charge on any atom is -0.489 e. The first-order valence-electron chi connectivity index (χ1n) is 8.60. The number of ether oxygens (including phenoxy) is 2. The second-order valence-corrected chi connectivity index (χ2v) is 7.08. The van der Waals surface area contributed by atoms with E-state index in [1.165, 1.54) is 12.1 Å². The molecule has 0 aliphatic carbocycles. The zero-order valence-corrected chi connectivity index (χ0v) is 16.5. The van der Waals surface area contributed by atoms with Crippen molar-refractivity contribution in [1.82, 2.24) is 9.88 Å². The Kier molecular flexibility index (Phi) is 6.58. The van der Waals surface area contributed by atoms with E-state index in [9.17, 15) is 9.18 Å². The van der Waals surface area contributed by atoms with E-state index in [1.54, 1.807) is 29.3 Å². The SMILES string of the molecule is Cc1ccc(OCC2CN(C(=O)C=Cc3ccc(F)c(Br)c3)CCO2)cn1. The Bertz CT molecular complexity index is 826. The van der Waals surface area contributed by atoms with Gasteiger partial charge < -0.3 is 14.4 Å². The van der Waals surface area contributed by atoms with E-state index >= 15 is 0 Å². The van der Waals surface area contributed by atoms with Crippen molar-refractivity contribution in [1.29, 1.82) is 0 Å². The van der Waals surface area contributed by atoms with Gasteiger partial charge in [0.05, 0.1) is 23.8 Å². The average Bonchev–Trinajstić information content (AvgIpc) is 2.68. The van der Waals surface area contributed by atoms with Gasteiger partial charge in [0.2, 0.25) is 5.91 Å².